The van der Waals surface area contributed by atoms with Gasteiger partial charge in [0.15, 0.2) is 0 Å². The Balaban J connectivity index is 2.10. The molecule has 0 unspecified atom stereocenters. The summed E-state index contributed by atoms with van der Waals surface area (Å²) >= 11 is 0. The van der Waals surface area contributed by atoms with Gasteiger partial charge in [0.1, 0.15) is 11.5 Å². The van der Waals surface area contributed by atoms with Crippen molar-refractivity contribution in [3.8, 4) is 11.5 Å². The highest BCUT2D eigenvalue weighted by atomic mass is 16.5. The van der Waals surface area contributed by atoms with E-state index in [-0.39, 0.29) is 5.97 Å². The van der Waals surface area contributed by atoms with E-state index in [0.29, 0.717) is 5.56 Å². The summed E-state index contributed by atoms with van der Waals surface area (Å²) in [7, 11) is 1.40. The normalized spacial score (nSPS) is 12.0. The van der Waals surface area contributed by atoms with Crippen LogP contribution in [-0.4, -0.2) is 13.1 Å². The van der Waals surface area contributed by atoms with Crippen LogP contribution in [0.15, 0.2) is 60.7 Å². The minimum absolute atomic E-state index is 0.355. The Kier molecular flexibility index (Phi) is 4.28. The van der Waals surface area contributed by atoms with E-state index in [1.165, 1.54) is 12.7 Å². The molecule has 3 aromatic rings. The van der Waals surface area contributed by atoms with Gasteiger partial charge in [0.2, 0.25) is 0 Å². The maximum atomic E-state index is 12.4. The van der Waals surface area contributed by atoms with Crippen LogP contribution in [0.25, 0.3) is 12.2 Å². The third-order valence-electron chi connectivity index (χ3n) is 4.86. The van der Waals surface area contributed by atoms with Crippen molar-refractivity contribution in [2.45, 2.75) is 13.3 Å². The number of hydrogen-bond acceptors (Lipinski definition) is 3. The summed E-state index contributed by atoms with van der Waals surface area (Å²) in [6.07, 6.45) is 0.924. The molecule has 3 heteroatoms. The van der Waals surface area contributed by atoms with Crippen LogP contribution in [0, 0.1) is 0 Å². The van der Waals surface area contributed by atoms with Gasteiger partial charge in [0, 0.05) is 16.4 Å². The monoisotopic (exact) mass is 356 g/mol. The third kappa shape index (κ3) is 2.91. The van der Waals surface area contributed by atoms with Gasteiger partial charge in [-0.1, -0.05) is 56.0 Å². The molecular weight excluding hydrogens is 336 g/mol. The molecule has 27 heavy (non-hydrogen) atoms. The largest absolute Gasteiger partial charge is 0.465 e. The minimum atomic E-state index is -0.355. The lowest BCUT2D eigenvalue weighted by Gasteiger charge is -2.23. The van der Waals surface area contributed by atoms with Crippen molar-refractivity contribution in [2.24, 2.45) is 0 Å². The maximum absolute atomic E-state index is 12.4. The molecule has 0 saturated heterocycles. The predicted molar refractivity (Wildman–Crippen MR) is 107 cm³/mol. The molecule has 1 aliphatic rings. The average Bonchev–Trinajstić information content (AvgIpc) is 2.70. The van der Waals surface area contributed by atoms with Crippen molar-refractivity contribution in [1.82, 2.24) is 0 Å². The minimum Gasteiger partial charge on any atom is -0.465 e. The Hall–Kier alpha value is -3.33. The van der Waals surface area contributed by atoms with Gasteiger partial charge >= 0.3 is 5.97 Å². The second kappa shape index (κ2) is 6.76. The molecule has 3 nitrogen and oxygen atoms in total. The number of esters is 1. The predicted octanol–water partition coefficient (Wildman–Crippen LogP) is 3.80. The molecule has 0 spiro atoms. The van der Waals surface area contributed by atoms with E-state index in [0.717, 1.165) is 45.1 Å². The molecule has 1 heterocycles. The van der Waals surface area contributed by atoms with Crippen molar-refractivity contribution in [1.29, 1.82) is 0 Å². The number of methoxy groups -OCH3 is 1. The molecule has 0 radical (unpaired) electrons. The fourth-order valence-electron chi connectivity index (χ4n) is 3.48. The molecule has 4 rings (SSSR count). The molecular formula is C24H20O3. The molecule has 134 valence electrons. The fraction of sp³-hybridized carbons (Fsp3) is 0.125. The number of benzene rings is 3. The van der Waals surface area contributed by atoms with Crippen LogP contribution in [0.3, 0.4) is 0 Å². The molecule has 1 aliphatic heterocycles. The molecule has 0 aromatic heterocycles. The molecule has 0 bridgehead atoms. The SMILES string of the molecule is C=c1ccc2c(c1)Oc1cc(CC)ccc1C=2c1ccccc1C(=O)OC. The zero-order valence-electron chi connectivity index (χ0n) is 15.4. The first-order chi connectivity index (χ1) is 13.1. The number of rotatable bonds is 3. The van der Waals surface area contributed by atoms with Gasteiger partial charge in [-0.25, -0.2) is 4.79 Å². The van der Waals surface area contributed by atoms with Gasteiger partial charge in [-0.2, -0.15) is 0 Å². The number of carbonyl (C=O) groups excluding carboxylic acids is 1. The van der Waals surface area contributed by atoms with Crippen molar-refractivity contribution >= 4 is 18.1 Å². The Morgan fingerprint density at radius 3 is 2.59 bits per heavy atom. The van der Waals surface area contributed by atoms with Gasteiger partial charge in [-0.05, 0) is 41.0 Å². The average molecular weight is 356 g/mol. The summed E-state index contributed by atoms with van der Waals surface area (Å²) in [6, 6.07) is 19.6. The van der Waals surface area contributed by atoms with Crippen LogP contribution in [0.1, 0.15) is 34.0 Å². The van der Waals surface area contributed by atoms with E-state index in [9.17, 15) is 4.79 Å². The van der Waals surface area contributed by atoms with E-state index in [2.05, 4.69) is 31.7 Å². The molecule has 0 saturated carbocycles. The molecule has 0 N–H and O–H groups in total. The quantitative estimate of drug-likeness (QED) is 0.524. The Bertz CT molecular complexity index is 1160. The smallest absolute Gasteiger partial charge is 0.338 e. The van der Waals surface area contributed by atoms with Crippen LogP contribution in [0.4, 0.5) is 0 Å². The van der Waals surface area contributed by atoms with E-state index in [1.807, 2.05) is 36.4 Å². The van der Waals surface area contributed by atoms with Gasteiger partial charge in [0.25, 0.3) is 0 Å². The molecule has 0 atom stereocenters. The third-order valence-corrected chi connectivity index (χ3v) is 4.86. The highest BCUT2D eigenvalue weighted by Crippen LogP contribution is 2.37. The first-order valence-corrected chi connectivity index (χ1v) is 8.94. The van der Waals surface area contributed by atoms with Gasteiger partial charge in [-0.3, -0.25) is 0 Å². The number of fused-ring (bicyclic) bond motifs is 2. The standard InChI is InChI=1S/C24H20O3/c1-4-16-10-12-20-22(14-16)27-21-13-15(2)9-11-19(21)23(20)17-7-5-6-8-18(17)24(25)26-3/h5-14H,2,4H2,1,3H3. The highest BCUT2D eigenvalue weighted by molar-refractivity contribution is 5.99. The summed E-state index contributed by atoms with van der Waals surface area (Å²) in [5.74, 6) is 1.19. The van der Waals surface area contributed by atoms with Gasteiger partial charge < -0.3 is 9.47 Å². The van der Waals surface area contributed by atoms with Crippen LogP contribution >= 0.6 is 0 Å². The molecule has 0 fully saturated rings. The number of hydrogen-bond donors (Lipinski definition) is 0. The molecule has 3 aromatic carbocycles. The van der Waals surface area contributed by atoms with Crippen molar-refractivity contribution < 1.29 is 14.3 Å². The Morgan fingerprint density at radius 2 is 1.81 bits per heavy atom. The molecule has 0 aliphatic carbocycles. The summed E-state index contributed by atoms with van der Waals surface area (Å²) < 4.78 is 11.2. The lowest BCUT2D eigenvalue weighted by molar-refractivity contribution is 0.0600. The summed E-state index contributed by atoms with van der Waals surface area (Å²) in [6.45, 7) is 6.13. The fourth-order valence-corrected chi connectivity index (χ4v) is 3.48. The second-order valence-electron chi connectivity index (χ2n) is 6.53. The molecule has 0 amide bonds. The van der Waals surface area contributed by atoms with Crippen molar-refractivity contribution in [2.75, 3.05) is 7.11 Å². The van der Waals surface area contributed by atoms with E-state index in [4.69, 9.17) is 9.47 Å². The lowest BCUT2D eigenvalue weighted by Crippen LogP contribution is -2.21. The van der Waals surface area contributed by atoms with Crippen LogP contribution in [0.2, 0.25) is 0 Å². The zero-order valence-corrected chi connectivity index (χ0v) is 15.4. The van der Waals surface area contributed by atoms with Crippen molar-refractivity contribution in [3.63, 3.8) is 0 Å². The zero-order chi connectivity index (χ0) is 19.0. The van der Waals surface area contributed by atoms with Gasteiger partial charge in [-0.15, -0.1) is 0 Å². The lowest BCUT2D eigenvalue weighted by atomic mass is 9.89. The number of aryl methyl sites for hydroxylation is 1. The van der Waals surface area contributed by atoms with E-state index >= 15 is 0 Å². The first kappa shape index (κ1) is 17.1. The summed E-state index contributed by atoms with van der Waals surface area (Å²) in [5.41, 5.74) is 4.50. The van der Waals surface area contributed by atoms with Crippen LogP contribution in [-0.2, 0) is 11.2 Å². The maximum Gasteiger partial charge on any atom is 0.338 e. The van der Waals surface area contributed by atoms with Gasteiger partial charge in [0.05, 0.1) is 12.7 Å². The van der Waals surface area contributed by atoms with Crippen molar-refractivity contribution in [3.05, 3.63) is 93.4 Å². The highest BCUT2D eigenvalue weighted by Gasteiger charge is 2.23. The number of carbonyl (C=O) groups is 1. The topological polar surface area (TPSA) is 35.5 Å². The van der Waals surface area contributed by atoms with Crippen LogP contribution in [0.5, 0.6) is 11.5 Å². The van der Waals surface area contributed by atoms with Crippen LogP contribution < -0.4 is 15.2 Å². The first-order valence-electron chi connectivity index (χ1n) is 8.94. The Morgan fingerprint density at radius 1 is 1.00 bits per heavy atom. The van der Waals surface area contributed by atoms with E-state index in [1.54, 1.807) is 6.07 Å². The number of ether oxygens (including phenoxy) is 2. The summed E-state index contributed by atoms with van der Waals surface area (Å²) in [4.78, 5) is 12.4. The van der Waals surface area contributed by atoms with E-state index < -0.39 is 0 Å². The summed E-state index contributed by atoms with van der Waals surface area (Å²) in [5, 5.41) is 1.82. The Labute approximate surface area is 158 Å². The second-order valence-corrected chi connectivity index (χ2v) is 6.53.